The highest BCUT2D eigenvalue weighted by atomic mass is 16.2. The molecule has 27 heavy (non-hydrogen) atoms. The van der Waals surface area contributed by atoms with Crippen LogP contribution in [0.15, 0.2) is 0 Å². The summed E-state index contributed by atoms with van der Waals surface area (Å²) in [6.07, 6.45) is 2.18. The lowest BCUT2D eigenvalue weighted by Crippen LogP contribution is -2.45. The van der Waals surface area contributed by atoms with Crippen LogP contribution in [0.25, 0.3) is 0 Å². The van der Waals surface area contributed by atoms with Gasteiger partial charge in [0.2, 0.25) is 11.8 Å². The lowest BCUT2D eigenvalue weighted by atomic mass is 9.94. The minimum Gasteiger partial charge on any atom is -0.342 e. The zero-order chi connectivity index (χ0) is 19.2. The Morgan fingerprint density at radius 1 is 1.15 bits per heavy atom. The van der Waals surface area contributed by atoms with Gasteiger partial charge in [-0.1, -0.05) is 0 Å². The van der Waals surface area contributed by atoms with Gasteiger partial charge in [-0.3, -0.25) is 9.59 Å². The number of carbonyl (C=O) groups is 2. The first kappa shape index (κ1) is 18.4. The topological polar surface area (TPSA) is 83.4 Å². The molecule has 0 spiro atoms. The first-order valence-electron chi connectivity index (χ1n) is 10.1. The van der Waals surface area contributed by atoms with Crippen LogP contribution < -0.4 is 5.32 Å². The minimum absolute atomic E-state index is 0.0967. The SMILES string of the molecule is CC(C)(C)N1CC(C(=O)N2CCC(c3nnc4n3CCNC4)CC2)CC1=O. The average molecular weight is 374 g/mol. The summed E-state index contributed by atoms with van der Waals surface area (Å²) < 4.78 is 2.25. The van der Waals surface area contributed by atoms with Gasteiger partial charge >= 0.3 is 0 Å². The van der Waals surface area contributed by atoms with E-state index >= 15 is 0 Å². The number of likely N-dealkylation sites (tertiary alicyclic amines) is 2. The van der Waals surface area contributed by atoms with E-state index in [1.165, 1.54) is 0 Å². The van der Waals surface area contributed by atoms with Gasteiger partial charge < -0.3 is 19.7 Å². The van der Waals surface area contributed by atoms with E-state index < -0.39 is 0 Å². The number of hydrogen-bond acceptors (Lipinski definition) is 5. The third-order valence-electron chi connectivity index (χ3n) is 6.11. The number of carbonyl (C=O) groups excluding carboxylic acids is 2. The van der Waals surface area contributed by atoms with Crippen molar-refractivity contribution in [3.63, 3.8) is 0 Å². The van der Waals surface area contributed by atoms with Gasteiger partial charge in [-0.2, -0.15) is 0 Å². The van der Waals surface area contributed by atoms with Gasteiger partial charge in [0, 0.05) is 50.6 Å². The Kier molecular flexibility index (Phi) is 4.70. The Morgan fingerprint density at radius 2 is 1.89 bits per heavy atom. The van der Waals surface area contributed by atoms with Gasteiger partial charge in [-0.05, 0) is 33.6 Å². The van der Waals surface area contributed by atoms with Gasteiger partial charge in [0.1, 0.15) is 11.6 Å². The molecule has 1 N–H and O–H groups in total. The maximum Gasteiger partial charge on any atom is 0.227 e. The largest absolute Gasteiger partial charge is 0.342 e. The highest BCUT2D eigenvalue weighted by molar-refractivity contribution is 5.89. The molecule has 8 nitrogen and oxygen atoms in total. The maximum absolute atomic E-state index is 12.9. The normalized spacial score (nSPS) is 24.4. The van der Waals surface area contributed by atoms with Gasteiger partial charge in [0.25, 0.3) is 0 Å². The molecular weight excluding hydrogens is 344 g/mol. The molecule has 0 aromatic carbocycles. The van der Waals surface area contributed by atoms with Gasteiger partial charge in [-0.15, -0.1) is 10.2 Å². The van der Waals surface area contributed by atoms with E-state index in [0.29, 0.717) is 18.9 Å². The van der Waals surface area contributed by atoms with Crippen molar-refractivity contribution in [1.82, 2.24) is 29.9 Å². The van der Waals surface area contributed by atoms with E-state index in [-0.39, 0.29) is 23.3 Å². The summed E-state index contributed by atoms with van der Waals surface area (Å²) in [5.74, 6) is 2.50. The van der Waals surface area contributed by atoms with Crippen molar-refractivity contribution in [2.24, 2.45) is 5.92 Å². The summed E-state index contributed by atoms with van der Waals surface area (Å²) in [7, 11) is 0. The molecule has 0 bridgehead atoms. The van der Waals surface area contributed by atoms with E-state index in [4.69, 9.17) is 0 Å². The van der Waals surface area contributed by atoms with Crippen molar-refractivity contribution in [3.05, 3.63) is 11.6 Å². The molecule has 3 aliphatic heterocycles. The molecule has 2 saturated heterocycles. The number of amides is 2. The van der Waals surface area contributed by atoms with Crippen LogP contribution in [-0.4, -0.2) is 68.1 Å². The van der Waals surface area contributed by atoms with Crippen LogP contribution in [0.2, 0.25) is 0 Å². The summed E-state index contributed by atoms with van der Waals surface area (Å²) in [6, 6.07) is 0. The van der Waals surface area contributed by atoms with E-state index in [1.54, 1.807) is 0 Å². The third kappa shape index (κ3) is 3.47. The van der Waals surface area contributed by atoms with E-state index in [0.717, 1.165) is 57.2 Å². The molecule has 2 amide bonds. The molecule has 1 aromatic heterocycles. The molecule has 148 valence electrons. The number of aromatic nitrogens is 3. The van der Waals surface area contributed by atoms with E-state index in [2.05, 4.69) is 20.1 Å². The lowest BCUT2D eigenvalue weighted by Gasteiger charge is -2.34. The Hall–Kier alpha value is -1.96. The average Bonchev–Trinajstić information content (AvgIpc) is 3.25. The fourth-order valence-electron chi connectivity index (χ4n) is 4.55. The van der Waals surface area contributed by atoms with Crippen LogP contribution in [-0.2, 0) is 22.7 Å². The highest BCUT2D eigenvalue weighted by Crippen LogP contribution is 2.31. The molecular formula is C19H30N6O2. The Labute approximate surface area is 160 Å². The predicted molar refractivity (Wildman–Crippen MR) is 99.9 cm³/mol. The summed E-state index contributed by atoms with van der Waals surface area (Å²) in [6.45, 7) is 10.8. The molecule has 1 atom stereocenters. The fraction of sp³-hybridized carbons (Fsp3) is 0.789. The predicted octanol–water partition coefficient (Wildman–Crippen LogP) is 0.734. The van der Waals surface area contributed by atoms with Crippen molar-refractivity contribution in [3.8, 4) is 0 Å². The molecule has 0 radical (unpaired) electrons. The molecule has 3 aliphatic rings. The van der Waals surface area contributed by atoms with Crippen LogP contribution in [0, 0.1) is 5.92 Å². The highest BCUT2D eigenvalue weighted by Gasteiger charge is 2.41. The van der Waals surface area contributed by atoms with Crippen molar-refractivity contribution >= 4 is 11.8 Å². The third-order valence-corrected chi connectivity index (χ3v) is 6.11. The lowest BCUT2D eigenvalue weighted by molar-refractivity contribution is -0.136. The second-order valence-electron chi connectivity index (χ2n) is 8.98. The molecule has 1 unspecified atom stereocenters. The Balaban J connectivity index is 1.36. The van der Waals surface area contributed by atoms with Crippen LogP contribution in [0.5, 0.6) is 0 Å². The Morgan fingerprint density at radius 3 is 2.56 bits per heavy atom. The molecule has 1 aromatic rings. The van der Waals surface area contributed by atoms with E-state index in [1.807, 2.05) is 30.6 Å². The summed E-state index contributed by atoms with van der Waals surface area (Å²) in [4.78, 5) is 29.0. The van der Waals surface area contributed by atoms with Crippen molar-refractivity contribution < 1.29 is 9.59 Å². The van der Waals surface area contributed by atoms with Crippen LogP contribution in [0.1, 0.15) is 57.6 Å². The molecule has 4 heterocycles. The number of hydrogen-bond donors (Lipinski definition) is 1. The summed E-state index contributed by atoms with van der Waals surface area (Å²) in [5, 5.41) is 12.1. The maximum atomic E-state index is 12.9. The Bertz CT molecular complexity index is 729. The molecule has 0 aliphatic carbocycles. The fourth-order valence-corrected chi connectivity index (χ4v) is 4.55. The zero-order valence-electron chi connectivity index (χ0n) is 16.6. The first-order chi connectivity index (χ1) is 12.8. The number of nitrogens with zero attached hydrogens (tertiary/aromatic N) is 5. The molecule has 0 saturated carbocycles. The zero-order valence-corrected chi connectivity index (χ0v) is 16.6. The quantitative estimate of drug-likeness (QED) is 0.825. The van der Waals surface area contributed by atoms with Crippen LogP contribution in [0.4, 0.5) is 0 Å². The number of piperidine rings is 1. The van der Waals surface area contributed by atoms with Gasteiger partial charge in [-0.25, -0.2) is 0 Å². The van der Waals surface area contributed by atoms with E-state index in [9.17, 15) is 9.59 Å². The standard InChI is InChI=1S/C19H30N6O2/c1-19(2,3)25-12-14(10-16(25)26)18(27)23-7-4-13(5-8-23)17-22-21-15-11-20-6-9-24(15)17/h13-14,20H,4-12H2,1-3H3. The number of fused-ring (bicyclic) bond motifs is 1. The monoisotopic (exact) mass is 374 g/mol. The van der Waals surface area contributed by atoms with Crippen molar-refractivity contribution in [2.75, 3.05) is 26.2 Å². The summed E-state index contributed by atoms with van der Waals surface area (Å²) in [5.41, 5.74) is -0.221. The molecule has 4 rings (SSSR count). The smallest absolute Gasteiger partial charge is 0.227 e. The second kappa shape index (κ2) is 6.89. The van der Waals surface area contributed by atoms with Crippen molar-refractivity contribution in [2.45, 2.75) is 64.6 Å². The van der Waals surface area contributed by atoms with Gasteiger partial charge in [0.05, 0.1) is 12.5 Å². The summed E-state index contributed by atoms with van der Waals surface area (Å²) >= 11 is 0. The van der Waals surface area contributed by atoms with Crippen molar-refractivity contribution in [1.29, 1.82) is 0 Å². The minimum atomic E-state index is -0.221. The van der Waals surface area contributed by atoms with Crippen LogP contribution >= 0.6 is 0 Å². The first-order valence-corrected chi connectivity index (χ1v) is 10.1. The molecule has 2 fully saturated rings. The van der Waals surface area contributed by atoms with Crippen LogP contribution in [0.3, 0.4) is 0 Å². The van der Waals surface area contributed by atoms with Gasteiger partial charge in [0.15, 0.2) is 0 Å². The molecule has 8 heteroatoms. The number of nitrogens with one attached hydrogen (secondary N) is 1. The second-order valence-corrected chi connectivity index (χ2v) is 8.98. The number of rotatable bonds is 2.